The molecule has 1 saturated heterocycles. The van der Waals surface area contributed by atoms with Gasteiger partial charge in [0.05, 0.1) is 16.3 Å². The predicted octanol–water partition coefficient (Wildman–Crippen LogP) is 2.31. The fraction of sp³-hybridized carbons (Fsp3) is 0.235. The standard InChI is InChI=1S/C17H17FN2O5S2/c1-11-9-15(20-16(21)7-8-26(20,22)23)10-12(2)17(11)27(24,25)19-14-5-3-13(18)4-6-14/h3-6,9-10,19H,7-8H2,1-2H3. The molecule has 1 aliphatic rings. The van der Waals surface area contributed by atoms with Crippen LogP contribution in [0, 0.1) is 19.7 Å². The fourth-order valence-electron chi connectivity index (χ4n) is 3.06. The lowest BCUT2D eigenvalue weighted by molar-refractivity contribution is -0.116. The zero-order valence-electron chi connectivity index (χ0n) is 14.6. The van der Waals surface area contributed by atoms with E-state index in [0.29, 0.717) is 0 Å². The molecule has 1 heterocycles. The molecule has 27 heavy (non-hydrogen) atoms. The van der Waals surface area contributed by atoms with Gasteiger partial charge in [0.25, 0.3) is 10.0 Å². The van der Waals surface area contributed by atoms with E-state index in [4.69, 9.17) is 0 Å². The number of halogens is 1. The smallest absolute Gasteiger partial charge is 0.262 e. The van der Waals surface area contributed by atoms with Crippen molar-refractivity contribution in [2.45, 2.75) is 25.2 Å². The first kappa shape index (κ1) is 19.3. The van der Waals surface area contributed by atoms with E-state index in [1.54, 1.807) is 0 Å². The summed E-state index contributed by atoms with van der Waals surface area (Å²) in [5.41, 5.74) is 0.883. The van der Waals surface area contributed by atoms with Gasteiger partial charge in [0.2, 0.25) is 15.9 Å². The molecule has 10 heteroatoms. The Bertz CT molecular complexity index is 1100. The maximum atomic E-state index is 13.0. The Morgan fingerprint density at radius 2 is 1.63 bits per heavy atom. The number of rotatable bonds is 4. The van der Waals surface area contributed by atoms with Gasteiger partial charge in [0, 0.05) is 12.1 Å². The van der Waals surface area contributed by atoms with Crippen LogP contribution in [0.15, 0.2) is 41.3 Å². The first-order chi connectivity index (χ1) is 12.5. The molecule has 1 N–H and O–H groups in total. The Morgan fingerprint density at radius 3 is 2.11 bits per heavy atom. The number of sulfonamides is 2. The third-order valence-electron chi connectivity index (χ3n) is 4.12. The van der Waals surface area contributed by atoms with Gasteiger partial charge in [-0.15, -0.1) is 0 Å². The average Bonchev–Trinajstić information content (AvgIpc) is 2.81. The van der Waals surface area contributed by atoms with Crippen LogP contribution >= 0.6 is 0 Å². The molecule has 0 saturated carbocycles. The van der Waals surface area contributed by atoms with Crippen molar-refractivity contribution in [2.24, 2.45) is 0 Å². The Hall–Kier alpha value is -2.46. The molecule has 2 aromatic rings. The molecule has 0 aliphatic carbocycles. The van der Waals surface area contributed by atoms with E-state index in [0.717, 1.165) is 16.4 Å². The molecule has 1 fully saturated rings. The maximum Gasteiger partial charge on any atom is 0.262 e. The largest absolute Gasteiger partial charge is 0.280 e. The summed E-state index contributed by atoms with van der Waals surface area (Å²) in [7, 11) is -7.74. The van der Waals surface area contributed by atoms with Gasteiger partial charge in [-0.05, 0) is 61.4 Å². The summed E-state index contributed by atoms with van der Waals surface area (Å²) in [4.78, 5) is 11.9. The minimum Gasteiger partial charge on any atom is -0.280 e. The fourth-order valence-corrected chi connectivity index (χ4v) is 6.02. The lowest BCUT2D eigenvalue weighted by Crippen LogP contribution is -2.29. The molecule has 7 nitrogen and oxygen atoms in total. The highest BCUT2D eigenvalue weighted by Gasteiger charge is 2.37. The van der Waals surface area contributed by atoms with Crippen molar-refractivity contribution in [1.29, 1.82) is 0 Å². The number of hydrogen-bond donors (Lipinski definition) is 1. The second-order valence-electron chi connectivity index (χ2n) is 6.25. The van der Waals surface area contributed by atoms with E-state index in [1.807, 2.05) is 0 Å². The molecule has 0 bridgehead atoms. The highest BCUT2D eigenvalue weighted by Crippen LogP contribution is 2.32. The zero-order valence-corrected chi connectivity index (χ0v) is 16.2. The van der Waals surface area contributed by atoms with Crippen LogP contribution in [0.1, 0.15) is 17.5 Å². The van der Waals surface area contributed by atoms with Crippen LogP contribution in [0.25, 0.3) is 0 Å². The molecule has 0 unspecified atom stereocenters. The normalized spacial score (nSPS) is 16.6. The summed E-state index contributed by atoms with van der Waals surface area (Å²) < 4.78 is 65.8. The Kier molecular flexibility index (Phi) is 4.73. The number of nitrogens with one attached hydrogen (secondary N) is 1. The van der Waals surface area contributed by atoms with Gasteiger partial charge in [0.1, 0.15) is 5.82 Å². The molecule has 1 aliphatic heterocycles. The average molecular weight is 412 g/mol. The first-order valence-corrected chi connectivity index (χ1v) is 11.1. The van der Waals surface area contributed by atoms with E-state index in [9.17, 15) is 26.0 Å². The van der Waals surface area contributed by atoms with Crippen LogP contribution in [0.4, 0.5) is 15.8 Å². The zero-order chi connectivity index (χ0) is 20.0. The van der Waals surface area contributed by atoms with E-state index in [2.05, 4.69) is 4.72 Å². The van der Waals surface area contributed by atoms with Crippen LogP contribution in [0.3, 0.4) is 0 Å². The topological polar surface area (TPSA) is 101 Å². The molecule has 0 radical (unpaired) electrons. The van der Waals surface area contributed by atoms with Crippen molar-refractivity contribution < 1.29 is 26.0 Å². The molecule has 1 amide bonds. The van der Waals surface area contributed by atoms with Gasteiger partial charge in [-0.3, -0.25) is 9.52 Å². The number of aryl methyl sites for hydroxylation is 2. The summed E-state index contributed by atoms with van der Waals surface area (Å²) in [6, 6.07) is 7.55. The molecule has 0 spiro atoms. The summed E-state index contributed by atoms with van der Waals surface area (Å²) in [6.45, 7) is 3.03. The van der Waals surface area contributed by atoms with Crippen LogP contribution in [0.5, 0.6) is 0 Å². The van der Waals surface area contributed by atoms with Crippen LogP contribution in [-0.4, -0.2) is 28.5 Å². The summed E-state index contributed by atoms with van der Waals surface area (Å²) in [5.74, 6) is -1.31. The molecular weight excluding hydrogens is 395 g/mol. The maximum absolute atomic E-state index is 13.0. The highest BCUT2D eigenvalue weighted by molar-refractivity contribution is 7.94. The van der Waals surface area contributed by atoms with Gasteiger partial charge >= 0.3 is 0 Å². The Morgan fingerprint density at radius 1 is 1.07 bits per heavy atom. The van der Waals surface area contributed by atoms with Crippen LogP contribution < -0.4 is 9.03 Å². The number of hydrogen-bond acceptors (Lipinski definition) is 5. The molecule has 0 aromatic heterocycles. The Labute approximate surface area is 156 Å². The summed E-state index contributed by atoms with van der Waals surface area (Å²) in [6.07, 6.45) is -0.105. The lowest BCUT2D eigenvalue weighted by Gasteiger charge is -2.19. The van der Waals surface area contributed by atoms with Crippen molar-refractivity contribution in [3.8, 4) is 0 Å². The number of amides is 1. The third-order valence-corrected chi connectivity index (χ3v) is 7.50. The van der Waals surface area contributed by atoms with Gasteiger partial charge in [-0.25, -0.2) is 25.5 Å². The first-order valence-electron chi connectivity index (χ1n) is 7.97. The van der Waals surface area contributed by atoms with Crippen molar-refractivity contribution in [2.75, 3.05) is 14.8 Å². The summed E-state index contributed by atoms with van der Waals surface area (Å²) in [5, 5.41) is 0. The Balaban J connectivity index is 2.02. The van der Waals surface area contributed by atoms with E-state index in [1.165, 1.54) is 38.1 Å². The minimum absolute atomic E-state index is 0.0281. The second-order valence-corrected chi connectivity index (χ2v) is 9.80. The quantitative estimate of drug-likeness (QED) is 0.831. The van der Waals surface area contributed by atoms with E-state index < -0.39 is 31.8 Å². The highest BCUT2D eigenvalue weighted by atomic mass is 32.2. The molecule has 2 aromatic carbocycles. The number of nitrogens with zero attached hydrogens (tertiary/aromatic N) is 1. The lowest BCUT2D eigenvalue weighted by atomic mass is 10.1. The number of anilines is 2. The molecule has 0 atom stereocenters. The van der Waals surface area contributed by atoms with Crippen LogP contribution in [-0.2, 0) is 24.8 Å². The summed E-state index contributed by atoms with van der Waals surface area (Å²) >= 11 is 0. The number of carbonyl (C=O) groups excluding carboxylic acids is 1. The van der Waals surface area contributed by atoms with Crippen molar-refractivity contribution in [3.05, 3.63) is 53.3 Å². The minimum atomic E-state index is -4.00. The molecular formula is C17H17FN2O5S2. The van der Waals surface area contributed by atoms with E-state index in [-0.39, 0.29) is 39.6 Å². The van der Waals surface area contributed by atoms with Crippen molar-refractivity contribution in [3.63, 3.8) is 0 Å². The molecule has 3 rings (SSSR count). The second kappa shape index (κ2) is 6.61. The third kappa shape index (κ3) is 3.67. The van der Waals surface area contributed by atoms with Gasteiger partial charge in [0.15, 0.2) is 0 Å². The SMILES string of the molecule is Cc1cc(N2C(=O)CCS2(=O)=O)cc(C)c1S(=O)(=O)Nc1ccc(F)cc1. The van der Waals surface area contributed by atoms with Gasteiger partial charge in [-0.2, -0.15) is 0 Å². The van der Waals surface area contributed by atoms with Crippen molar-refractivity contribution in [1.82, 2.24) is 0 Å². The molecule has 144 valence electrons. The van der Waals surface area contributed by atoms with Gasteiger partial charge in [-0.1, -0.05) is 0 Å². The number of benzene rings is 2. The monoisotopic (exact) mass is 412 g/mol. The van der Waals surface area contributed by atoms with Gasteiger partial charge < -0.3 is 0 Å². The predicted molar refractivity (Wildman–Crippen MR) is 99.0 cm³/mol. The number of carbonyl (C=O) groups is 1. The van der Waals surface area contributed by atoms with Crippen molar-refractivity contribution >= 4 is 37.3 Å². The van der Waals surface area contributed by atoms with E-state index >= 15 is 0 Å². The van der Waals surface area contributed by atoms with Crippen LogP contribution in [0.2, 0.25) is 0 Å².